The average molecular weight is 375 g/mol. The fourth-order valence-electron chi connectivity index (χ4n) is 3.43. The van der Waals surface area contributed by atoms with Gasteiger partial charge in [0.05, 0.1) is 31.1 Å². The predicted octanol–water partition coefficient (Wildman–Crippen LogP) is 2.33. The lowest BCUT2D eigenvalue weighted by molar-refractivity contribution is 0.193. The van der Waals surface area contributed by atoms with Crippen LogP contribution in [0.4, 0.5) is 11.8 Å². The highest BCUT2D eigenvalue weighted by atomic mass is 32.1. The van der Waals surface area contributed by atoms with Crippen LogP contribution in [0.2, 0.25) is 0 Å². The van der Waals surface area contributed by atoms with Crippen molar-refractivity contribution in [2.75, 3.05) is 37.0 Å². The van der Waals surface area contributed by atoms with Crippen molar-refractivity contribution in [2.24, 2.45) is 0 Å². The Bertz CT molecular complexity index is 722. The Balaban J connectivity index is 1.48. The van der Waals surface area contributed by atoms with Gasteiger partial charge >= 0.3 is 0 Å². The second-order valence-corrected chi connectivity index (χ2v) is 7.92. The van der Waals surface area contributed by atoms with Crippen LogP contribution in [-0.4, -0.2) is 46.4 Å². The molecular weight excluding hydrogens is 350 g/mol. The molecule has 2 aromatic heterocycles. The van der Waals surface area contributed by atoms with Crippen LogP contribution in [0.5, 0.6) is 0 Å². The Labute approximate surface area is 157 Å². The summed E-state index contributed by atoms with van der Waals surface area (Å²) in [6.45, 7) is 2.64. The molecule has 0 aromatic carbocycles. The molecule has 8 heteroatoms. The van der Waals surface area contributed by atoms with Gasteiger partial charge in [0, 0.05) is 30.0 Å². The molecule has 0 amide bonds. The molecule has 140 valence electrons. The zero-order valence-electron chi connectivity index (χ0n) is 14.8. The van der Waals surface area contributed by atoms with Gasteiger partial charge in [-0.05, 0) is 32.1 Å². The van der Waals surface area contributed by atoms with Crippen LogP contribution < -0.4 is 10.6 Å². The van der Waals surface area contributed by atoms with Gasteiger partial charge in [-0.3, -0.25) is 0 Å². The molecule has 1 fully saturated rings. The normalized spacial score (nSPS) is 19.3. The molecule has 1 aliphatic heterocycles. The lowest BCUT2D eigenvalue weighted by atomic mass is 10.0. The maximum absolute atomic E-state index is 9.05. The van der Waals surface area contributed by atoms with Crippen LogP contribution in [0.3, 0.4) is 0 Å². The summed E-state index contributed by atoms with van der Waals surface area (Å²) < 4.78 is 5.50. The number of nitrogens with zero attached hydrogens (tertiary/aromatic N) is 3. The van der Waals surface area contributed by atoms with E-state index in [0.717, 1.165) is 36.0 Å². The summed E-state index contributed by atoms with van der Waals surface area (Å²) in [7, 11) is 0. The third-order valence-electron chi connectivity index (χ3n) is 4.80. The Kier molecular flexibility index (Phi) is 5.62. The van der Waals surface area contributed by atoms with Crippen molar-refractivity contribution in [3.63, 3.8) is 0 Å². The van der Waals surface area contributed by atoms with Crippen LogP contribution in [0, 0.1) is 0 Å². The Morgan fingerprint density at radius 2 is 2.12 bits per heavy atom. The minimum Gasteiger partial charge on any atom is -0.395 e. The minimum absolute atomic E-state index is 0.0492. The first-order valence-electron chi connectivity index (χ1n) is 9.34. The van der Waals surface area contributed by atoms with E-state index in [-0.39, 0.29) is 6.61 Å². The van der Waals surface area contributed by atoms with E-state index in [1.807, 2.05) is 17.4 Å². The number of aryl methyl sites for hydroxylation is 2. The third-order valence-corrected chi connectivity index (χ3v) is 5.96. The molecule has 1 aliphatic carbocycles. The van der Waals surface area contributed by atoms with Crippen LogP contribution >= 0.6 is 11.3 Å². The summed E-state index contributed by atoms with van der Waals surface area (Å²) >= 11 is 1.82. The smallest absolute Gasteiger partial charge is 0.224 e. The number of ether oxygens (including phenoxy) is 1. The van der Waals surface area contributed by atoms with E-state index in [9.17, 15) is 0 Å². The predicted molar refractivity (Wildman–Crippen MR) is 102 cm³/mol. The number of hydrogen-bond acceptors (Lipinski definition) is 8. The Morgan fingerprint density at radius 1 is 1.19 bits per heavy atom. The fourth-order valence-corrected chi connectivity index (χ4v) is 4.52. The number of nitrogens with one attached hydrogen (secondary N) is 2. The highest BCUT2D eigenvalue weighted by molar-refractivity contribution is 7.11. The van der Waals surface area contributed by atoms with Gasteiger partial charge < -0.3 is 20.5 Å². The van der Waals surface area contributed by atoms with Crippen molar-refractivity contribution in [3.8, 4) is 0 Å². The fraction of sp³-hybridized carbons (Fsp3) is 0.611. The highest BCUT2D eigenvalue weighted by Gasteiger charge is 2.21. The lowest BCUT2D eigenvalue weighted by Gasteiger charge is -2.13. The molecule has 3 heterocycles. The number of anilines is 2. The van der Waals surface area contributed by atoms with Crippen molar-refractivity contribution in [1.82, 2.24) is 15.0 Å². The molecule has 7 nitrogen and oxygen atoms in total. The van der Waals surface area contributed by atoms with E-state index in [2.05, 4.69) is 20.6 Å². The number of aromatic nitrogens is 3. The van der Waals surface area contributed by atoms with Crippen molar-refractivity contribution in [1.29, 1.82) is 0 Å². The molecule has 2 aliphatic rings. The summed E-state index contributed by atoms with van der Waals surface area (Å²) in [5, 5.41) is 16.6. The minimum atomic E-state index is 0.0492. The van der Waals surface area contributed by atoms with Gasteiger partial charge in [-0.15, -0.1) is 11.3 Å². The Morgan fingerprint density at radius 3 is 2.92 bits per heavy atom. The van der Waals surface area contributed by atoms with Crippen LogP contribution in [-0.2, 0) is 24.1 Å². The van der Waals surface area contributed by atoms with Crippen LogP contribution in [0.25, 0.3) is 0 Å². The number of fused-ring (bicyclic) bond motifs is 1. The van der Waals surface area contributed by atoms with Gasteiger partial charge in [0.15, 0.2) is 0 Å². The lowest BCUT2D eigenvalue weighted by Crippen LogP contribution is -2.13. The average Bonchev–Trinajstić information content (AvgIpc) is 3.34. The van der Waals surface area contributed by atoms with Crippen molar-refractivity contribution in [2.45, 2.75) is 44.6 Å². The van der Waals surface area contributed by atoms with E-state index in [0.29, 0.717) is 31.6 Å². The van der Waals surface area contributed by atoms with Gasteiger partial charge in [0.2, 0.25) is 5.95 Å². The number of hydrogen-bond donors (Lipinski definition) is 3. The van der Waals surface area contributed by atoms with E-state index < -0.39 is 0 Å². The molecule has 0 unspecified atom stereocenters. The summed E-state index contributed by atoms with van der Waals surface area (Å²) in [5.41, 5.74) is 2.27. The molecule has 1 atom stereocenters. The standard InChI is InChI=1S/C18H25N5O2S/c24-7-6-19-18-22-14(12-5-8-25-11-12)9-16(23-18)20-10-17-21-13-3-1-2-4-15(13)26-17/h9,12,24H,1-8,10-11H2,(H2,19,20,22,23)/t12-/m0/s1. The molecule has 3 N–H and O–H groups in total. The monoisotopic (exact) mass is 375 g/mol. The maximum atomic E-state index is 9.05. The zero-order chi connectivity index (χ0) is 17.8. The largest absolute Gasteiger partial charge is 0.395 e. The van der Waals surface area contributed by atoms with Gasteiger partial charge in [-0.25, -0.2) is 9.97 Å². The molecule has 26 heavy (non-hydrogen) atoms. The molecule has 2 aromatic rings. The quantitative estimate of drug-likeness (QED) is 0.684. The molecule has 1 saturated heterocycles. The highest BCUT2D eigenvalue weighted by Crippen LogP contribution is 2.28. The summed E-state index contributed by atoms with van der Waals surface area (Å²) in [6, 6.07) is 2.01. The third kappa shape index (κ3) is 4.13. The SMILES string of the molecule is OCCNc1nc(NCc2nc3c(s2)CCCC3)cc([C@H]2CCOC2)n1. The van der Waals surface area contributed by atoms with E-state index in [1.165, 1.54) is 29.8 Å². The van der Waals surface area contributed by atoms with E-state index in [1.54, 1.807) is 0 Å². The second-order valence-electron chi connectivity index (χ2n) is 6.75. The molecule has 4 rings (SSSR count). The topological polar surface area (TPSA) is 92.2 Å². The summed E-state index contributed by atoms with van der Waals surface area (Å²) in [5.74, 6) is 1.64. The van der Waals surface area contributed by atoms with Crippen molar-refractivity contribution < 1.29 is 9.84 Å². The molecule has 0 bridgehead atoms. The van der Waals surface area contributed by atoms with Crippen LogP contribution in [0.15, 0.2) is 6.07 Å². The molecule has 0 spiro atoms. The zero-order valence-corrected chi connectivity index (χ0v) is 15.6. The number of thiazole rings is 1. The van der Waals surface area contributed by atoms with E-state index >= 15 is 0 Å². The molecular formula is C18H25N5O2S. The van der Waals surface area contributed by atoms with Crippen molar-refractivity contribution >= 4 is 23.1 Å². The first-order chi connectivity index (χ1) is 12.8. The Hall–Kier alpha value is -1.77. The molecule has 0 radical (unpaired) electrons. The second kappa shape index (κ2) is 8.28. The number of rotatable bonds is 7. The number of aliphatic hydroxyl groups is 1. The van der Waals surface area contributed by atoms with Gasteiger partial charge in [0.1, 0.15) is 10.8 Å². The first kappa shape index (κ1) is 17.6. The number of aliphatic hydroxyl groups excluding tert-OH is 1. The van der Waals surface area contributed by atoms with Crippen LogP contribution in [0.1, 0.15) is 46.5 Å². The van der Waals surface area contributed by atoms with Gasteiger partial charge in [0.25, 0.3) is 0 Å². The van der Waals surface area contributed by atoms with Gasteiger partial charge in [-0.1, -0.05) is 0 Å². The summed E-state index contributed by atoms with van der Waals surface area (Å²) in [4.78, 5) is 15.4. The van der Waals surface area contributed by atoms with Gasteiger partial charge in [-0.2, -0.15) is 4.98 Å². The first-order valence-corrected chi connectivity index (χ1v) is 10.2. The van der Waals surface area contributed by atoms with E-state index in [4.69, 9.17) is 14.8 Å². The maximum Gasteiger partial charge on any atom is 0.224 e. The molecule has 0 saturated carbocycles. The summed E-state index contributed by atoms with van der Waals surface area (Å²) in [6.07, 6.45) is 5.79. The van der Waals surface area contributed by atoms with Crippen molar-refractivity contribution in [3.05, 3.63) is 27.3 Å².